The monoisotopic (exact) mass is 422 g/mol. The standard InChI is InChI=1S/C27H18O5/c28-25(19-14-16-20(17-15-19)26(29)31-23-10-3-1-4-11-23)21-8-7-9-22(18-21)27(30)32-24-12-5-2-6-13-24/h1-18H. The topological polar surface area (TPSA) is 69.7 Å². The molecule has 0 amide bonds. The summed E-state index contributed by atoms with van der Waals surface area (Å²) in [5.74, 6) is -0.475. The van der Waals surface area contributed by atoms with Gasteiger partial charge in [-0.1, -0.05) is 60.7 Å². The molecule has 32 heavy (non-hydrogen) atoms. The Morgan fingerprint density at radius 3 is 1.47 bits per heavy atom. The van der Waals surface area contributed by atoms with Crippen LogP contribution in [-0.4, -0.2) is 17.7 Å². The first-order valence-electron chi connectivity index (χ1n) is 9.89. The predicted molar refractivity (Wildman–Crippen MR) is 119 cm³/mol. The molecule has 0 bridgehead atoms. The van der Waals surface area contributed by atoms with Crippen molar-refractivity contribution in [1.82, 2.24) is 0 Å². The van der Waals surface area contributed by atoms with Crippen LogP contribution in [0.25, 0.3) is 0 Å². The van der Waals surface area contributed by atoms with Gasteiger partial charge in [-0.2, -0.15) is 0 Å². The average molecular weight is 422 g/mol. The maximum Gasteiger partial charge on any atom is 0.343 e. The van der Waals surface area contributed by atoms with Crippen LogP contribution < -0.4 is 9.47 Å². The smallest absolute Gasteiger partial charge is 0.343 e. The van der Waals surface area contributed by atoms with E-state index in [9.17, 15) is 14.4 Å². The van der Waals surface area contributed by atoms with Crippen LogP contribution >= 0.6 is 0 Å². The molecule has 0 unspecified atom stereocenters. The van der Waals surface area contributed by atoms with E-state index in [1.165, 1.54) is 18.2 Å². The highest BCUT2D eigenvalue weighted by Crippen LogP contribution is 2.17. The maximum atomic E-state index is 12.9. The van der Waals surface area contributed by atoms with Crippen LogP contribution in [0, 0.1) is 0 Å². The van der Waals surface area contributed by atoms with Gasteiger partial charge in [-0.3, -0.25) is 4.79 Å². The second kappa shape index (κ2) is 9.53. The molecule has 4 aromatic rings. The van der Waals surface area contributed by atoms with Gasteiger partial charge in [0.15, 0.2) is 5.78 Å². The molecule has 0 aliphatic rings. The number of ketones is 1. The fourth-order valence-corrected chi connectivity index (χ4v) is 3.02. The van der Waals surface area contributed by atoms with Crippen molar-refractivity contribution in [3.05, 3.63) is 131 Å². The van der Waals surface area contributed by atoms with Gasteiger partial charge in [0.1, 0.15) is 11.5 Å². The molecule has 0 spiro atoms. The normalized spacial score (nSPS) is 10.2. The minimum absolute atomic E-state index is 0.266. The minimum Gasteiger partial charge on any atom is -0.423 e. The Balaban J connectivity index is 1.46. The zero-order valence-corrected chi connectivity index (χ0v) is 16.9. The van der Waals surface area contributed by atoms with Crippen molar-refractivity contribution in [3.8, 4) is 11.5 Å². The van der Waals surface area contributed by atoms with E-state index in [1.54, 1.807) is 78.9 Å². The van der Waals surface area contributed by atoms with Crippen molar-refractivity contribution in [2.45, 2.75) is 0 Å². The highest BCUT2D eigenvalue weighted by Gasteiger charge is 2.15. The molecule has 0 radical (unpaired) electrons. The van der Waals surface area contributed by atoms with Gasteiger partial charge in [0.2, 0.25) is 0 Å². The lowest BCUT2D eigenvalue weighted by atomic mass is 10.0. The lowest BCUT2D eigenvalue weighted by molar-refractivity contribution is 0.0725. The lowest BCUT2D eigenvalue weighted by Gasteiger charge is -2.07. The Morgan fingerprint density at radius 1 is 0.438 bits per heavy atom. The summed E-state index contributed by atoms with van der Waals surface area (Å²) in [6.07, 6.45) is 0. The van der Waals surface area contributed by atoms with Crippen molar-refractivity contribution in [3.63, 3.8) is 0 Å². The summed E-state index contributed by atoms with van der Waals surface area (Å²) >= 11 is 0. The number of carbonyl (C=O) groups is 3. The van der Waals surface area contributed by atoms with Gasteiger partial charge in [0.25, 0.3) is 0 Å². The molecule has 0 aliphatic carbocycles. The van der Waals surface area contributed by atoms with Crippen LogP contribution in [0.5, 0.6) is 11.5 Å². The maximum absolute atomic E-state index is 12.9. The number of hydrogen-bond donors (Lipinski definition) is 0. The van der Waals surface area contributed by atoms with Crippen LogP contribution in [0.3, 0.4) is 0 Å². The molecule has 0 saturated heterocycles. The first-order valence-corrected chi connectivity index (χ1v) is 9.89. The number of rotatable bonds is 6. The van der Waals surface area contributed by atoms with Crippen LogP contribution in [0.4, 0.5) is 0 Å². The summed E-state index contributed by atoms with van der Waals surface area (Å²) in [4.78, 5) is 37.6. The molecule has 5 heteroatoms. The second-order valence-electron chi connectivity index (χ2n) is 6.89. The van der Waals surface area contributed by atoms with Crippen molar-refractivity contribution in [2.75, 3.05) is 0 Å². The summed E-state index contributed by atoms with van der Waals surface area (Å²) in [5.41, 5.74) is 1.32. The Labute approximate surface area is 184 Å². The Morgan fingerprint density at radius 2 is 0.906 bits per heavy atom. The summed E-state index contributed by atoms with van der Waals surface area (Å²) < 4.78 is 10.6. The number of hydrogen-bond acceptors (Lipinski definition) is 5. The highest BCUT2D eigenvalue weighted by molar-refractivity contribution is 6.10. The summed E-state index contributed by atoms with van der Waals surface area (Å²) in [5, 5.41) is 0. The minimum atomic E-state index is -0.551. The van der Waals surface area contributed by atoms with E-state index in [4.69, 9.17) is 9.47 Å². The van der Waals surface area contributed by atoms with E-state index >= 15 is 0 Å². The van der Waals surface area contributed by atoms with Crippen LogP contribution in [0.2, 0.25) is 0 Å². The van der Waals surface area contributed by atoms with E-state index in [0.29, 0.717) is 28.2 Å². The van der Waals surface area contributed by atoms with Crippen molar-refractivity contribution >= 4 is 17.7 Å². The number of carbonyl (C=O) groups excluding carboxylic acids is 3. The molecule has 0 fully saturated rings. The third-order valence-electron chi connectivity index (χ3n) is 4.65. The summed E-state index contributed by atoms with van der Waals surface area (Å²) in [6.45, 7) is 0. The van der Waals surface area contributed by atoms with Crippen LogP contribution in [0.15, 0.2) is 109 Å². The van der Waals surface area contributed by atoms with Gasteiger partial charge >= 0.3 is 11.9 Å². The van der Waals surface area contributed by atoms with E-state index in [-0.39, 0.29) is 11.3 Å². The van der Waals surface area contributed by atoms with Gasteiger partial charge in [-0.25, -0.2) is 9.59 Å². The molecule has 156 valence electrons. The first kappa shape index (κ1) is 20.8. The molecule has 0 aromatic heterocycles. The fraction of sp³-hybridized carbons (Fsp3) is 0. The molecule has 5 nitrogen and oxygen atoms in total. The third-order valence-corrected chi connectivity index (χ3v) is 4.65. The van der Waals surface area contributed by atoms with Crippen molar-refractivity contribution < 1.29 is 23.9 Å². The van der Waals surface area contributed by atoms with Gasteiger partial charge in [-0.15, -0.1) is 0 Å². The largest absolute Gasteiger partial charge is 0.423 e. The first-order chi connectivity index (χ1) is 15.6. The molecule has 4 aromatic carbocycles. The molecule has 4 rings (SSSR count). The van der Waals surface area contributed by atoms with E-state index in [1.807, 2.05) is 12.1 Å². The van der Waals surface area contributed by atoms with Gasteiger partial charge < -0.3 is 9.47 Å². The van der Waals surface area contributed by atoms with Crippen molar-refractivity contribution in [1.29, 1.82) is 0 Å². The Kier molecular flexibility index (Phi) is 6.18. The van der Waals surface area contributed by atoms with Gasteiger partial charge in [0, 0.05) is 11.1 Å². The fourth-order valence-electron chi connectivity index (χ4n) is 3.02. The molecule has 0 aliphatic heterocycles. The number of esters is 2. The molecular formula is C27H18O5. The van der Waals surface area contributed by atoms with Gasteiger partial charge in [-0.05, 0) is 48.5 Å². The molecule has 0 saturated carbocycles. The number of benzene rings is 4. The summed E-state index contributed by atoms with van der Waals surface area (Å²) in [6, 6.07) is 30.0. The Hall–Kier alpha value is -4.51. The average Bonchev–Trinajstić information content (AvgIpc) is 2.85. The molecular weight excluding hydrogens is 404 g/mol. The van der Waals surface area contributed by atoms with Gasteiger partial charge in [0.05, 0.1) is 11.1 Å². The molecule has 0 N–H and O–H groups in total. The number of para-hydroxylation sites is 2. The zero-order valence-electron chi connectivity index (χ0n) is 16.9. The Bertz CT molecular complexity index is 1250. The SMILES string of the molecule is O=C(Oc1ccccc1)c1ccc(C(=O)c2cccc(C(=O)Oc3ccccc3)c2)cc1. The van der Waals surface area contributed by atoms with E-state index < -0.39 is 11.9 Å². The van der Waals surface area contributed by atoms with Crippen molar-refractivity contribution in [2.24, 2.45) is 0 Å². The quantitative estimate of drug-likeness (QED) is 0.238. The highest BCUT2D eigenvalue weighted by atomic mass is 16.5. The third kappa shape index (κ3) is 4.96. The molecule has 0 atom stereocenters. The van der Waals surface area contributed by atoms with E-state index in [2.05, 4.69) is 0 Å². The predicted octanol–water partition coefficient (Wildman–Crippen LogP) is 5.36. The number of ether oxygens (including phenoxy) is 2. The van der Waals surface area contributed by atoms with E-state index in [0.717, 1.165) is 0 Å². The second-order valence-corrected chi connectivity index (χ2v) is 6.89. The molecule has 0 heterocycles. The van der Waals surface area contributed by atoms with Crippen LogP contribution in [0.1, 0.15) is 36.6 Å². The zero-order chi connectivity index (χ0) is 22.3. The van der Waals surface area contributed by atoms with Crippen LogP contribution in [-0.2, 0) is 0 Å². The summed E-state index contributed by atoms with van der Waals surface area (Å²) in [7, 11) is 0. The lowest BCUT2D eigenvalue weighted by Crippen LogP contribution is -2.11.